The van der Waals surface area contributed by atoms with E-state index in [1.165, 1.54) is 72.8 Å². The summed E-state index contributed by atoms with van der Waals surface area (Å²) in [7, 11) is 0. The van der Waals surface area contributed by atoms with Gasteiger partial charge in [-0.3, -0.25) is 0 Å². The first-order chi connectivity index (χ1) is 16.9. The number of carboxylic acids is 6. The van der Waals surface area contributed by atoms with Crippen molar-refractivity contribution in [3.05, 3.63) is 106 Å². The zero-order chi connectivity index (χ0) is 27.4. The van der Waals surface area contributed by atoms with Gasteiger partial charge in [-0.25, -0.2) is 28.8 Å². The molecule has 0 fully saturated rings. The van der Waals surface area contributed by atoms with E-state index in [9.17, 15) is 28.8 Å². The third-order valence-electron chi connectivity index (χ3n) is 4.16. The van der Waals surface area contributed by atoms with E-state index in [2.05, 4.69) is 0 Å². The summed E-state index contributed by atoms with van der Waals surface area (Å²) in [5.74, 6) is -7.37. The zero-order valence-corrected chi connectivity index (χ0v) is 19.5. The Labute approximate surface area is 214 Å². The predicted octanol–water partition coefficient (Wildman–Crippen LogP) is 3.57. The number of carboxylic acid groups (broad SMARTS) is 6. The fraction of sp³-hybridized carbons (Fsp3) is 0. The summed E-state index contributed by atoms with van der Waals surface area (Å²) in [6, 6.07) is 16.4. The molecule has 0 spiro atoms. The first kappa shape index (κ1) is 34.6. The van der Waals surface area contributed by atoms with Crippen molar-refractivity contribution in [1.82, 2.24) is 12.3 Å². The van der Waals surface area contributed by atoms with Gasteiger partial charge in [0.05, 0.1) is 33.4 Å². The van der Waals surface area contributed by atoms with E-state index in [4.69, 9.17) is 30.6 Å². The van der Waals surface area contributed by atoms with Crippen molar-refractivity contribution in [2.45, 2.75) is 0 Å². The summed E-state index contributed by atoms with van der Waals surface area (Å²) >= 11 is 0. The van der Waals surface area contributed by atoms with Crippen LogP contribution in [0.5, 0.6) is 0 Å². The number of hydrogen-bond acceptors (Lipinski definition) is 8. The lowest BCUT2D eigenvalue weighted by Crippen LogP contribution is -2.06. The highest BCUT2D eigenvalue weighted by Crippen LogP contribution is 2.09. The van der Waals surface area contributed by atoms with Gasteiger partial charge >= 0.3 is 35.8 Å². The van der Waals surface area contributed by atoms with Crippen LogP contribution in [0.15, 0.2) is 72.8 Å². The molecular weight excluding hydrogens is 508 g/mol. The van der Waals surface area contributed by atoms with Crippen LogP contribution in [0.4, 0.5) is 0 Å². The Kier molecular flexibility index (Phi) is 14.7. The molecule has 0 amide bonds. The SMILES string of the molecule is N.N.O=C(O)c1ccccc1C(=O)O.O=C(O)c1ccccc1C(=O)O.O=C(O)c1ccccc1C(=O)O. The van der Waals surface area contributed by atoms with Crippen LogP contribution in [0.25, 0.3) is 0 Å². The molecule has 0 aromatic heterocycles. The quantitative estimate of drug-likeness (QED) is 0.225. The van der Waals surface area contributed by atoms with Crippen molar-refractivity contribution in [3.63, 3.8) is 0 Å². The average molecular weight is 532 g/mol. The van der Waals surface area contributed by atoms with E-state index in [0.717, 1.165) is 0 Å². The molecule has 0 aliphatic rings. The lowest BCUT2D eigenvalue weighted by atomic mass is 10.1. The van der Waals surface area contributed by atoms with Gasteiger partial charge in [0.25, 0.3) is 0 Å². The monoisotopic (exact) mass is 532 g/mol. The topological polar surface area (TPSA) is 294 Å². The summed E-state index contributed by atoms with van der Waals surface area (Å²) in [5.41, 5.74) is -1.14. The molecule has 14 nitrogen and oxygen atoms in total. The fourth-order valence-electron chi connectivity index (χ4n) is 2.57. The normalized spacial score (nSPS) is 8.84. The van der Waals surface area contributed by atoms with E-state index in [1.807, 2.05) is 0 Å². The zero-order valence-electron chi connectivity index (χ0n) is 19.5. The van der Waals surface area contributed by atoms with Gasteiger partial charge in [0.1, 0.15) is 0 Å². The van der Waals surface area contributed by atoms with Gasteiger partial charge < -0.3 is 42.9 Å². The van der Waals surface area contributed by atoms with E-state index < -0.39 is 35.8 Å². The van der Waals surface area contributed by atoms with Crippen LogP contribution >= 0.6 is 0 Å². The molecule has 0 saturated carbocycles. The van der Waals surface area contributed by atoms with Crippen LogP contribution in [0.1, 0.15) is 62.1 Å². The third kappa shape index (κ3) is 9.95. The summed E-state index contributed by atoms with van der Waals surface area (Å²) in [6.07, 6.45) is 0. The van der Waals surface area contributed by atoms with E-state index in [0.29, 0.717) is 0 Å². The average Bonchev–Trinajstić information content (AvgIpc) is 2.84. The fourth-order valence-corrected chi connectivity index (χ4v) is 2.57. The molecule has 3 rings (SSSR count). The Balaban J connectivity index is 0. The van der Waals surface area contributed by atoms with E-state index in [1.54, 1.807) is 0 Å². The van der Waals surface area contributed by atoms with Gasteiger partial charge in [0.15, 0.2) is 0 Å². The van der Waals surface area contributed by atoms with Crippen LogP contribution in [0.3, 0.4) is 0 Å². The van der Waals surface area contributed by atoms with Gasteiger partial charge in [-0.1, -0.05) is 36.4 Å². The second-order valence-corrected chi connectivity index (χ2v) is 6.47. The van der Waals surface area contributed by atoms with Gasteiger partial charge in [0.2, 0.25) is 0 Å². The highest BCUT2D eigenvalue weighted by Gasteiger charge is 2.15. The summed E-state index contributed by atoms with van der Waals surface area (Å²) in [4.78, 5) is 62.8. The van der Waals surface area contributed by atoms with Gasteiger partial charge in [-0.15, -0.1) is 0 Å². The molecule has 14 heteroatoms. The Hall–Kier alpha value is -5.60. The van der Waals surface area contributed by atoms with Crippen LogP contribution in [0.2, 0.25) is 0 Å². The number of aromatic carboxylic acids is 6. The number of carbonyl (C=O) groups is 6. The molecule has 202 valence electrons. The third-order valence-corrected chi connectivity index (χ3v) is 4.16. The molecular formula is C24H24N2O12. The molecule has 0 radical (unpaired) electrons. The van der Waals surface area contributed by atoms with E-state index in [-0.39, 0.29) is 45.7 Å². The maximum Gasteiger partial charge on any atom is 0.336 e. The lowest BCUT2D eigenvalue weighted by molar-refractivity contribution is 0.0651. The summed E-state index contributed by atoms with van der Waals surface area (Å²) < 4.78 is 0. The smallest absolute Gasteiger partial charge is 0.336 e. The predicted molar refractivity (Wildman–Crippen MR) is 131 cm³/mol. The Morgan fingerprint density at radius 2 is 0.421 bits per heavy atom. The first-order valence-corrected chi connectivity index (χ1v) is 9.55. The highest BCUT2D eigenvalue weighted by molar-refractivity contribution is 6.02. The van der Waals surface area contributed by atoms with E-state index >= 15 is 0 Å². The number of rotatable bonds is 6. The van der Waals surface area contributed by atoms with Crippen molar-refractivity contribution in [1.29, 1.82) is 0 Å². The largest absolute Gasteiger partial charge is 0.478 e. The first-order valence-electron chi connectivity index (χ1n) is 9.55. The Morgan fingerprint density at radius 3 is 0.500 bits per heavy atom. The van der Waals surface area contributed by atoms with Gasteiger partial charge in [-0.05, 0) is 36.4 Å². The number of hydrogen-bond donors (Lipinski definition) is 8. The van der Waals surface area contributed by atoms with Crippen molar-refractivity contribution in [3.8, 4) is 0 Å². The molecule has 38 heavy (non-hydrogen) atoms. The van der Waals surface area contributed by atoms with Crippen LogP contribution in [0, 0.1) is 0 Å². The molecule has 0 aliphatic heterocycles. The summed E-state index contributed by atoms with van der Waals surface area (Å²) in [6.45, 7) is 0. The van der Waals surface area contributed by atoms with Crippen molar-refractivity contribution >= 4 is 35.8 Å². The van der Waals surface area contributed by atoms with Crippen molar-refractivity contribution in [2.75, 3.05) is 0 Å². The molecule has 0 unspecified atom stereocenters. The van der Waals surface area contributed by atoms with Crippen molar-refractivity contribution < 1.29 is 59.4 Å². The maximum absolute atomic E-state index is 10.5. The molecule has 3 aromatic rings. The molecule has 0 atom stereocenters. The van der Waals surface area contributed by atoms with Crippen molar-refractivity contribution in [2.24, 2.45) is 0 Å². The molecule has 0 heterocycles. The minimum absolute atomic E-state index is 0. The van der Waals surface area contributed by atoms with Gasteiger partial charge in [-0.2, -0.15) is 0 Å². The lowest BCUT2D eigenvalue weighted by Gasteiger charge is -1.98. The Morgan fingerprint density at radius 1 is 0.316 bits per heavy atom. The molecule has 0 aliphatic carbocycles. The minimum atomic E-state index is -1.23. The van der Waals surface area contributed by atoms with Gasteiger partial charge in [0, 0.05) is 0 Å². The second-order valence-electron chi connectivity index (χ2n) is 6.47. The second kappa shape index (κ2) is 16.1. The maximum atomic E-state index is 10.5. The molecule has 0 bridgehead atoms. The van der Waals surface area contributed by atoms with Crippen LogP contribution < -0.4 is 12.3 Å². The Bertz CT molecular complexity index is 1060. The minimum Gasteiger partial charge on any atom is -0.478 e. The summed E-state index contributed by atoms with van der Waals surface area (Å²) in [5, 5.41) is 51.3. The highest BCUT2D eigenvalue weighted by atomic mass is 16.4. The van der Waals surface area contributed by atoms with Crippen LogP contribution in [-0.2, 0) is 0 Å². The molecule has 12 N–H and O–H groups in total. The molecule has 0 saturated heterocycles. The number of benzene rings is 3. The molecule has 3 aromatic carbocycles. The van der Waals surface area contributed by atoms with Crippen LogP contribution in [-0.4, -0.2) is 66.5 Å². The standard InChI is InChI=1S/3C8H6O4.2H3N/c3*9-7(10)5-3-1-2-4-6(5)8(11)12;;/h3*1-4H,(H,9,10)(H,11,12);2*1H3.